The molecular weight excluding hydrogens is 269 g/mol. The topological polar surface area (TPSA) is 38.3 Å². The van der Waals surface area contributed by atoms with Crippen molar-refractivity contribution in [1.82, 2.24) is 5.09 Å². The predicted molar refractivity (Wildman–Crippen MR) is 82.2 cm³/mol. The molecule has 20 heavy (non-hydrogen) atoms. The molecule has 102 valence electrons. The summed E-state index contributed by atoms with van der Waals surface area (Å²) in [5.74, 6) is 1.55. The van der Waals surface area contributed by atoms with Crippen molar-refractivity contribution < 1.29 is 9.30 Å². The van der Waals surface area contributed by atoms with E-state index in [9.17, 15) is 4.57 Å². The Labute approximate surface area is 118 Å². The van der Waals surface area contributed by atoms with Crippen LogP contribution in [0.3, 0.4) is 0 Å². The molecule has 4 heteroatoms. The van der Waals surface area contributed by atoms with Gasteiger partial charge in [0.2, 0.25) is 0 Å². The molecule has 3 rings (SSSR count). The summed E-state index contributed by atoms with van der Waals surface area (Å²) < 4.78 is 18.4. The predicted octanol–water partition coefficient (Wildman–Crippen LogP) is 3.54. The van der Waals surface area contributed by atoms with Crippen molar-refractivity contribution in [2.75, 3.05) is 12.7 Å². The highest BCUT2D eigenvalue weighted by molar-refractivity contribution is 7.69. The molecule has 0 aliphatic carbocycles. The van der Waals surface area contributed by atoms with Crippen LogP contribution in [0.2, 0.25) is 0 Å². The molecule has 0 spiro atoms. The van der Waals surface area contributed by atoms with Crippen molar-refractivity contribution in [2.24, 2.45) is 0 Å². The van der Waals surface area contributed by atoms with Crippen LogP contribution >= 0.6 is 7.29 Å². The Hall–Kier alpha value is -1.83. The van der Waals surface area contributed by atoms with E-state index in [4.69, 9.17) is 4.74 Å². The first-order valence-electron chi connectivity index (χ1n) is 6.59. The van der Waals surface area contributed by atoms with Crippen LogP contribution in [-0.2, 0) is 4.57 Å². The second-order valence-corrected chi connectivity index (χ2v) is 7.34. The van der Waals surface area contributed by atoms with Gasteiger partial charge in [0.1, 0.15) is 11.5 Å². The van der Waals surface area contributed by atoms with Crippen molar-refractivity contribution in [3.63, 3.8) is 0 Å². The third-order valence-corrected chi connectivity index (χ3v) is 5.78. The number of allylic oxidation sites excluding steroid dienone is 1. The highest BCUT2D eigenvalue weighted by Gasteiger charge is 2.24. The van der Waals surface area contributed by atoms with Crippen LogP contribution in [0.5, 0.6) is 11.5 Å². The van der Waals surface area contributed by atoms with E-state index in [-0.39, 0.29) is 0 Å². The number of ether oxygens (including phenoxy) is 1. The van der Waals surface area contributed by atoms with Gasteiger partial charge in [-0.2, -0.15) is 0 Å². The molecule has 1 aliphatic heterocycles. The van der Waals surface area contributed by atoms with E-state index in [0.29, 0.717) is 12.7 Å². The summed E-state index contributed by atoms with van der Waals surface area (Å²) in [4.78, 5) is 0. The maximum atomic E-state index is 12.7. The SMILES string of the molecule is O=P1(c2ccc(Oc3ccccc3)cc2)CC=CCN1. The van der Waals surface area contributed by atoms with Gasteiger partial charge in [-0.1, -0.05) is 30.4 Å². The smallest absolute Gasteiger partial charge is 0.180 e. The largest absolute Gasteiger partial charge is 0.457 e. The van der Waals surface area contributed by atoms with Gasteiger partial charge < -0.3 is 9.30 Å². The third kappa shape index (κ3) is 2.84. The molecule has 0 aromatic heterocycles. The Balaban J connectivity index is 1.78. The molecule has 1 atom stereocenters. The van der Waals surface area contributed by atoms with Gasteiger partial charge in [-0.15, -0.1) is 0 Å². The summed E-state index contributed by atoms with van der Waals surface area (Å²) in [6.45, 7) is 0.666. The summed E-state index contributed by atoms with van der Waals surface area (Å²) >= 11 is 0. The Morgan fingerprint density at radius 2 is 1.60 bits per heavy atom. The minimum atomic E-state index is -2.46. The van der Waals surface area contributed by atoms with Crippen LogP contribution in [0.4, 0.5) is 0 Å². The molecule has 0 saturated heterocycles. The molecule has 1 aliphatic rings. The lowest BCUT2D eigenvalue weighted by atomic mass is 10.3. The molecule has 0 radical (unpaired) electrons. The zero-order chi connectivity index (χ0) is 13.8. The monoisotopic (exact) mass is 285 g/mol. The second-order valence-electron chi connectivity index (χ2n) is 4.66. The molecule has 1 heterocycles. The summed E-state index contributed by atoms with van der Waals surface area (Å²) in [7, 11) is -2.46. The van der Waals surface area contributed by atoms with Crippen LogP contribution < -0.4 is 15.1 Å². The molecular formula is C16H16NO2P. The van der Waals surface area contributed by atoms with E-state index in [1.807, 2.05) is 66.7 Å². The number of hydrogen-bond donors (Lipinski definition) is 1. The fourth-order valence-electron chi connectivity index (χ4n) is 2.15. The van der Waals surface area contributed by atoms with E-state index >= 15 is 0 Å². The van der Waals surface area contributed by atoms with Crippen LogP contribution in [0, 0.1) is 0 Å². The van der Waals surface area contributed by atoms with Gasteiger partial charge >= 0.3 is 0 Å². The van der Waals surface area contributed by atoms with E-state index < -0.39 is 7.29 Å². The highest BCUT2D eigenvalue weighted by Crippen LogP contribution is 2.41. The van der Waals surface area contributed by atoms with Crippen LogP contribution in [0.1, 0.15) is 0 Å². The first-order valence-corrected chi connectivity index (χ1v) is 8.48. The van der Waals surface area contributed by atoms with Gasteiger partial charge in [-0.05, 0) is 36.4 Å². The minimum absolute atomic E-state index is 0.575. The number of rotatable bonds is 3. The molecule has 0 amide bonds. The van der Waals surface area contributed by atoms with E-state index in [1.54, 1.807) is 0 Å². The summed E-state index contributed by atoms with van der Waals surface area (Å²) in [5, 5.41) is 3.96. The van der Waals surface area contributed by atoms with Crippen molar-refractivity contribution >= 4 is 12.6 Å². The average Bonchev–Trinajstić information content (AvgIpc) is 2.50. The second kappa shape index (κ2) is 5.66. The number of nitrogens with one attached hydrogen (secondary N) is 1. The van der Waals surface area contributed by atoms with Crippen molar-refractivity contribution in [3.8, 4) is 11.5 Å². The Bertz CT molecular complexity index is 650. The first kappa shape index (κ1) is 13.2. The lowest BCUT2D eigenvalue weighted by molar-refractivity contribution is 0.483. The number of benzene rings is 2. The molecule has 2 aromatic rings. The van der Waals surface area contributed by atoms with E-state index in [2.05, 4.69) is 5.09 Å². The molecule has 2 aromatic carbocycles. The maximum Gasteiger partial charge on any atom is 0.180 e. The fourth-order valence-corrected chi connectivity index (χ4v) is 4.15. The first-order chi connectivity index (χ1) is 9.76. The Morgan fingerprint density at radius 1 is 0.900 bits per heavy atom. The standard InChI is InChI=1S/C16H16NO2P/c18-20(13-5-4-12-17-20)16-10-8-15(9-11-16)19-14-6-2-1-3-7-14/h1-11H,12-13H2,(H,17,18). The molecule has 0 fully saturated rings. The highest BCUT2D eigenvalue weighted by atomic mass is 31.2. The minimum Gasteiger partial charge on any atom is -0.457 e. The molecule has 0 saturated carbocycles. The van der Waals surface area contributed by atoms with Crippen LogP contribution in [-0.4, -0.2) is 12.7 Å². The van der Waals surface area contributed by atoms with Gasteiger partial charge in [-0.3, -0.25) is 5.09 Å². The lowest BCUT2D eigenvalue weighted by Gasteiger charge is -2.21. The molecule has 1 unspecified atom stereocenters. The molecule has 3 nitrogen and oxygen atoms in total. The lowest BCUT2D eigenvalue weighted by Crippen LogP contribution is -2.24. The quantitative estimate of drug-likeness (QED) is 0.692. The fraction of sp³-hybridized carbons (Fsp3) is 0.125. The van der Waals surface area contributed by atoms with E-state index in [0.717, 1.165) is 16.8 Å². The molecule has 0 bridgehead atoms. The third-order valence-electron chi connectivity index (χ3n) is 3.23. The zero-order valence-corrected chi connectivity index (χ0v) is 11.9. The van der Waals surface area contributed by atoms with Gasteiger partial charge in [0.25, 0.3) is 0 Å². The van der Waals surface area contributed by atoms with Gasteiger partial charge in [0, 0.05) is 18.0 Å². The number of hydrogen-bond acceptors (Lipinski definition) is 2. The summed E-state index contributed by atoms with van der Waals surface area (Å²) in [6.07, 6.45) is 4.56. The van der Waals surface area contributed by atoms with Gasteiger partial charge in [0.15, 0.2) is 7.29 Å². The maximum absolute atomic E-state index is 12.7. The average molecular weight is 285 g/mol. The van der Waals surface area contributed by atoms with Gasteiger partial charge in [0.05, 0.1) is 0 Å². The summed E-state index contributed by atoms with van der Waals surface area (Å²) in [5.41, 5.74) is 0. The van der Waals surface area contributed by atoms with Crippen LogP contribution in [0.25, 0.3) is 0 Å². The summed E-state index contributed by atoms with van der Waals surface area (Å²) in [6, 6.07) is 17.1. The molecule has 1 N–H and O–H groups in total. The van der Waals surface area contributed by atoms with Gasteiger partial charge in [-0.25, -0.2) is 0 Å². The normalized spacial score (nSPS) is 21.6. The van der Waals surface area contributed by atoms with E-state index in [1.165, 1.54) is 0 Å². The Kier molecular flexibility index (Phi) is 3.72. The van der Waals surface area contributed by atoms with Crippen molar-refractivity contribution in [2.45, 2.75) is 0 Å². The zero-order valence-electron chi connectivity index (χ0n) is 11.0. The number of para-hydroxylation sites is 1. The Morgan fingerprint density at radius 3 is 2.25 bits per heavy atom. The van der Waals surface area contributed by atoms with Crippen LogP contribution in [0.15, 0.2) is 66.7 Å². The van der Waals surface area contributed by atoms with Crippen molar-refractivity contribution in [3.05, 3.63) is 66.7 Å². The van der Waals surface area contributed by atoms with Crippen molar-refractivity contribution in [1.29, 1.82) is 0 Å².